The van der Waals surface area contributed by atoms with Crippen LogP contribution in [-0.2, 0) is 11.8 Å². The van der Waals surface area contributed by atoms with Gasteiger partial charge in [0.05, 0.1) is 15.9 Å². The molecule has 1 aromatic carbocycles. The molecular formula is C20H29OSi. The highest BCUT2D eigenvalue weighted by Gasteiger charge is 2.26. The third-order valence-electron chi connectivity index (χ3n) is 4.32. The fourth-order valence-corrected chi connectivity index (χ4v) is 5.03. The zero-order valence-corrected chi connectivity index (χ0v) is 16.1. The van der Waals surface area contributed by atoms with E-state index in [0.29, 0.717) is 0 Å². The molecule has 2 rings (SSSR count). The van der Waals surface area contributed by atoms with Crippen LogP contribution >= 0.6 is 0 Å². The first-order valence-corrected chi connectivity index (χ1v) is 10.6. The zero-order chi connectivity index (χ0) is 16.5. The molecule has 0 amide bonds. The number of methoxy groups -OCH3 is 1. The number of benzene rings is 1. The zero-order valence-electron chi connectivity index (χ0n) is 15.1. The Bertz CT molecular complexity index is 616. The molecule has 0 heterocycles. The van der Waals surface area contributed by atoms with E-state index in [9.17, 15) is 0 Å². The minimum absolute atomic E-state index is 0.0949. The minimum Gasteiger partial charge on any atom is -0.496 e. The summed E-state index contributed by atoms with van der Waals surface area (Å²) < 4.78 is 5.92. The highest BCUT2D eigenvalue weighted by Crippen LogP contribution is 2.36. The Hall–Kier alpha value is -1.28. The molecule has 1 aliphatic rings. The first kappa shape index (κ1) is 17.1. The number of hydrogen-bond acceptors (Lipinski definition) is 1. The van der Waals surface area contributed by atoms with Gasteiger partial charge in [0.25, 0.3) is 0 Å². The molecule has 0 N–H and O–H groups in total. The number of hydrogen-bond donors (Lipinski definition) is 0. The molecule has 0 fully saturated rings. The van der Waals surface area contributed by atoms with Gasteiger partial charge < -0.3 is 4.74 Å². The molecule has 22 heavy (non-hydrogen) atoms. The highest BCUT2D eigenvalue weighted by atomic mass is 28.3. The standard InChI is InChI=1S/C20H29OSi/c1-14-12-17(20(2,3)4)18(21-5)16(19(14)22(6)7)13-15-10-8-9-11-15/h8,10-12H,9,13H2,1-7H3. The summed E-state index contributed by atoms with van der Waals surface area (Å²) >= 11 is 0. The molecule has 119 valence electrons. The highest BCUT2D eigenvalue weighted by molar-refractivity contribution is 6.71. The number of aryl methyl sites for hydroxylation is 1. The van der Waals surface area contributed by atoms with Crippen LogP contribution in [0.25, 0.3) is 0 Å². The molecule has 0 bridgehead atoms. The lowest BCUT2D eigenvalue weighted by Crippen LogP contribution is -2.32. The van der Waals surface area contributed by atoms with Crippen molar-refractivity contribution in [1.82, 2.24) is 0 Å². The van der Waals surface area contributed by atoms with E-state index in [4.69, 9.17) is 4.74 Å². The van der Waals surface area contributed by atoms with E-state index in [0.717, 1.165) is 18.6 Å². The summed E-state index contributed by atoms with van der Waals surface area (Å²) in [5, 5.41) is 1.55. The molecule has 0 aromatic heterocycles. The fraction of sp³-hybridized carbons (Fsp3) is 0.500. The first-order chi connectivity index (χ1) is 10.3. The molecule has 1 nitrogen and oxygen atoms in total. The normalized spacial score (nSPS) is 14.6. The van der Waals surface area contributed by atoms with Crippen LogP contribution in [0.1, 0.15) is 43.9 Å². The molecule has 0 aliphatic heterocycles. The van der Waals surface area contributed by atoms with E-state index in [1.165, 1.54) is 22.3 Å². The number of ether oxygens (including phenoxy) is 1. The Morgan fingerprint density at radius 1 is 1.23 bits per heavy atom. The summed E-state index contributed by atoms with van der Waals surface area (Å²) in [6.45, 7) is 13.8. The van der Waals surface area contributed by atoms with Crippen LogP contribution in [0.4, 0.5) is 0 Å². The van der Waals surface area contributed by atoms with Crippen LogP contribution in [0.2, 0.25) is 13.1 Å². The second kappa shape index (κ2) is 6.45. The van der Waals surface area contributed by atoms with Crippen LogP contribution in [0.3, 0.4) is 0 Å². The van der Waals surface area contributed by atoms with Gasteiger partial charge in [0.15, 0.2) is 0 Å². The largest absolute Gasteiger partial charge is 0.496 e. The summed E-state index contributed by atoms with van der Waals surface area (Å²) in [6, 6.07) is 2.36. The predicted octanol–water partition coefficient (Wildman–Crippen LogP) is 4.69. The molecule has 0 unspecified atom stereocenters. The lowest BCUT2D eigenvalue weighted by Gasteiger charge is -2.28. The van der Waals surface area contributed by atoms with Gasteiger partial charge in [0.1, 0.15) is 5.75 Å². The second-order valence-corrected chi connectivity index (χ2v) is 9.97. The van der Waals surface area contributed by atoms with Crippen molar-refractivity contribution < 1.29 is 4.74 Å². The maximum atomic E-state index is 5.92. The van der Waals surface area contributed by atoms with Gasteiger partial charge in [-0.1, -0.05) is 68.9 Å². The van der Waals surface area contributed by atoms with Crippen LogP contribution in [0.5, 0.6) is 5.75 Å². The molecule has 1 aromatic rings. The Kier molecular flexibility index (Phi) is 5.01. The average Bonchev–Trinajstić information content (AvgIpc) is 2.89. The lowest BCUT2D eigenvalue weighted by molar-refractivity contribution is 0.393. The molecule has 0 spiro atoms. The summed E-state index contributed by atoms with van der Waals surface area (Å²) in [5.41, 5.74) is 5.70. The summed E-state index contributed by atoms with van der Waals surface area (Å²) in [4.78, 5) is 0. The number of allylic oxidation sites excluding steroid dienone is 4. The van der Waals surface area contributed by atoms with E-state index in [-0.39, 0.29) is 5.41 Å². The van der Waals surface area contributed by atoms with Crippen molar-refractivity contribution in [2.24, 2.45) is 0 Å². The van der Waals surface area contributed by atoms with Crippen molar-refractivity contribution >= 4 is 14.0 Å². The monoisotopic (exact) mass is 313 g/mol. The minimum atomic E-state index is -0.537. The van der Waals surface area contributed by atoms with E-state index in [1.807, 2.05) is 7.11 Å². The molecule has 0 saturated carbocycles. The molecule has 2 heteroatoms. The van der Waals surface area contributed by atoms with Crippen molar-refractivity contribution in [3.63, 3.8) is 0 Å². The Balaban J connectivity index is 2.68. The van der Waals surface area contributed by atoms with Gasteiger partial charge in [-0.25, -0.2) is 0 Å². The molecule has 1 radical (unpaired) electrons. The molecule has 1 aliphatic carbocycles. The Morgan fingerprint density at radius 2 is 1.91 bits per heavy atom. The summed E-state index contributed by atoms with van der Waals surface area (Å²) in [6.07, 6.45) is 8.91. The van der Waals surface area contributed by atoms with Gasteiger partial charge in [-0.3, -0.25) is 0 Å². The predicted molar refractivity (Wildman–Crippen MR) is 99.1 cm³/mol. The quantitative estimate of drug-likeness (QED) is 0.733. The van der Waals surface area contributed by atoms with E-state index >= 15 is 0 Å². The number of rotatable bonds is 4. The van der Waals surface area contributed by atoms with Crippen LogP contribution in [0.15, 0.2) is 29.9 Å². The Labute approximate surface area is 137 Å². The van der Waals surface area contributed by atoms with Crippen molar-refractivity contribution in [1.29, 1.82) is 0 Å². The van der Waals surface area contributed by atoms with Crippen LogP contribution < -0.4 is 9.92 Å². The summed E-state index contributed by atoms with van der Waals surface area (Å²) in [5.74, 6) is 1.11. The maximum Gasteiger partial charge on any atom is 0.126 e. The van der Waals surface area contributed by atoms with Gasteiger partial charge in [-0.15, -0.1) is 0 Å². The fourth-order valence-electron chi connectivity index (χ4n) is 3.37. The van der Waals surface area contributed by atoms with Gasteiger partial charge >= 0.3 is 0 Å². The third-order valence-corrected chi connectivity index (χ3v) is 6.01. The average molecular weight is 314 g/mol. The van der Waals surface area contributed by atoms with Gasteiger partial charge in [0.2, 0.25) is 0 Å². The van der Waals surface area contributed by atoms with E-state index < -0.39 is 8.80 Å². The smallest absolute Gasteiger partial charge is 0.126 e. The van der Waals surface area contributed by atoms with E-state index in [1.54, 1.807) is 5.19 Å². The van der Waals surface area contributed by atoms with Crippen LogP contribution in [0, 0.1) is 6.92 Å². The first-order valence-electron chi connectivity index (χ1n) is 8.12. The second-order valence-electron chi connectivity index (χ2n) is 7.47. The van der Waals surface area contributed by atoms with Crippen LogP contribution in [-0.4, -0.2) is 15.9 Å². The van der Waals surface area contributed by atoms with Crippen molar-refractivity contribution in [3.8, 4) is 5.75 Å². The van der Waals surface area contributed by atoms with Gasteiger partial charge in [-0.05, 0) is 29.9 Å². The Morgan fingerprint density at radius 3 is 2.36 bits per heavy atom. The lowest BCUT2D eigenvalue weighted by atomic mass is 9.83. The molecule has 0 saturated heterocycles. The molecule has 0 atom stereocenters. The van der Waals surface area contributed by atoms with E-state index in [2.05, 4.69) is 65.1 Å². The molecular weight excluding hydrogens is 284 g/mol. The SMILES string of the molecule is COc1c(C(C)(C)C)cc(C)c([Si](C)C)c1CC1=CCC=C1. The van der Waals surface area contributed by atoms with Gasteiger partial charge in [-0.2, -0.15) is 0 Å². The third kappa shape index (κ3) is 3.38. The van der Waals surface area contributed by atoms with Crippen molar-refractivity contribution in [3.05, 3.63) is 46.6 Å². The van der Waals surface area contributed by atoms with Crippen molar-refractivity contribution in [2.45, 2.75) is 59.0 Å². The van der Waals surface area contributed by atoms with Crippen molar-refractivity contribution in [2.75, 3.05) is 7.11 Å². The summed E-state index contributed by atoms with van der Waals surface area (Å²) in [7, 11) is 1.29. The van der Waals surface area contributed by atoms with Gasteiger partial charge in [0, 0.05) is 12.0 Å². The topological polar surface area (TPSA) is 9.23 Å². The maximum absolute atomic E-state index is 5.92.